The number of anilines is 1. The van der Waals surface area contributed by atoms with Gasteiger partial charge in [0.1, 0.15) is 11.8 Å². The molecule has 6 rings (SSSR count). The summed E-state index contributed by atoms with van der Waals surface area (Å²) in [6.07, 6.45) is 5.72. The Morgan fingerprint density at radius 1 is 0.977 bits per heavy atom. The molecule has 1 saturated heterocycles. The average molecular weight is 592 g/mol. The van der Waals surface area contributed by atoms with E-state index >= 15 is 0 Å². The maximum atomic E-state index is 14.5. The van der Waals surface area contributed by atoms with Gasteiger partial charge in [-0.2, -0.15) is 0 Å². The lowest BCUT2D eigenvalue weighted by atomic mass is 9.75. The Labute approximate surface area is 252 Å². The van der Waals surface area contributed by atoms with Crippen molar-refractivity contribution in [1.82, 2.24) is 10.2 Å². The largest absolute Gasteiger partial charge is 0.497 e. The van der Waals surface area contributed by atoms with E-state index in [0.717, 1.165) is 37.7 Å². The van der Waals surface area contributed by atoms with Crippen LogP contribution in [0.15, 0.2) is 42.5 Å². The highest BCUT2D eigenvalue weighted by molar-refractivity contribution is 5.98. The Hall–Kier alpha value is -3.79. The van der Waals surface area contributed by atoms with Gasteiger partial charge >= 0.3 is 0 Å². The fourth-order valence-corrected chi connectivity index (χ4v) is 7.02. The molecule has 3 fully saturated rings. The van der Waals surface area contributed by atoms with Gasteiger partial charge in [-0.1, -0.05) is 38.3 Å². The van der Waals surface area contributed by atoms with Crippen LogP contribution in [0.2, 0.25) is 0 Å². The highest BCUT2D eigenvalue weighted by atomic mass is 16.7. The predicted octanol–water partition coefficient (Wildman–Crippen LogP) is 4.27. The molecule has 4 aliphatic rings. The molecule has 0 aromatic heterocycles. The van der Waals surface area contributed by atoms with E-state index in [9.17, 15) is 14.4 Å². The van der Waals surface area contributed by atoms with Gasteiger partial charge < -0.3 is 34.5 Å². The number of benzene rings is 2. The minimum Gasteiger partial charge on any atom is -0.497 e. The quantitative estimate of drug-likeness (QED) is 0.494. The van der Waals surface area contributed by atoms with E-state index in [0.29, 0.717) is 41.7 Å². The van der Waals surface area contributed by atoms with Crippen LogP contribution in [-0.4, -0.2) is 61.3 Å². The topological polar surface area (TPSA) is 115 Å². The first-order valence-electron chi connectivity index (χ1n) is 15.5. The predicted molar refractivity (Wildman–Crippen MR) is 159 cm³/mol. The van der Waals surface area contributed by atoms with Gasteiger partial charge in [0.05, 0.1) is 31.7 Å². The zero-order chi connectivity index (χ0) is 29.9. The van der Waals surface area contributed by atoms with Crippen LogP contribution in [0, 0.1) is 17.8 Å². The van der Waals surface area contributed by atoms with Crippen molar-refractivity contribution in [3.8, 4) is 17.2 Å². The van der Waals surface area contributed by atoms with Crippen molar-refractivity contribution < 1.29 is 33.3 Å². The molecule has 2 heterocycles. The number of hydrogen-bond acceptors (Lipinski definition) is 7. The number of nitrogens with zero attached hydrogens (tertiary/aromatic N) is 1. The molecule has 10 heteroatoms. The number of amides is 3. The second kappa shape index (κ2) is 12.8. The normalized spacial score (nSPS) is 28.4. The highest BCUT2D eigenvalue weighted by Crippen LogP contribution is 2.39. The summed E-state index contributed by atoms with van der Waals surface area (Å²) in [4.78, 5) is 43.9. The van der Waals surface area contributed by atoms with Crippen LogP contribution < -0.4 is 24.8 Å². The molecule has 0 spiro atoms. The minimum atomic E-state index is -0.822. The lowest BCUT2D eigenvalue weighted by molar-refractivity contribution is -0.165. The first-order chi connectivity index (χ1) is 20.9. The van der Waals surface area contributed by atoms with Crippen molar-refractivity contribution in [3.63, 3.8) is 0 Å². The fourth-order valence-electron chi connectivity index (χ4n) is 7.02. The van der Waals surface area contributed by atoms with Crippen molar-refractivity contribution in [2.75, 3.05) is 25.8 Å². The number of methoxy groups -OCH3 is 1. The van der Waals surface area contributed by atoms with Gasteiger partial charge in [0.15, 0.2) is 11.5 Å². The van der Waals surface area contributed by atoms with E-state index in [2.05, 4.69) is 17.6 Å². The van der Waals surface area contributed by atoms with E-state index in [1.807, 2.05) is 18.2 Å². The van der Waals surface area contributed by atoms with Gasteiger partial charge in [-0.3, -0.25) is 14.4 Å². The molecule has 10 nitrogen and oxygen atoms in total. The number of hydrogen-bond donors (Lipinski definition) is 2. The SMILES string of the molecule is COc1cccc(NC(=O)C2C3CCCC2C(=O)N(Cc2ccc4c(c2)OCO4)C(C(=O)NC2CCCCC2C)CO3)c1. The molecule has 0 radical (unpaired) electrons. The molecule has 3 amide bonds. The van der Waals surface area contributed by atoms with Gasteiger partial charge in [-0.05, 0) is 61.4 Å². The van der Waals surface area contributed by atoms with Crippen molar-refractivity contribution in [2.45, 2.75) is 76.6 Å². The number of carbonyl (C=O) groups is 3. The molecule has 2 aromatic carbocycles. The second-order valence-electron chi connectivity index (χ2n) is 12.2. The average Bonchev–Trinajstić information content (AvgIpc) is 3.49. The maximum absolute atomic E-state index is 14.5. The number of fused-ring (bicyclic) bond motifs is 3. The molecule has 6 unspecified atom stereocenters. The van der Waals surface area contributed by atoms with Gasteiger partial charge in [-0.25, -0.2) is 0 Å². The molecular formula is C33H41N3O7. The smallest absolute Gasteiger partial charge is 0.245 e. The molecule has 2 bridgehead atoms. The molecule has 43 heavy (non-hydrogen) atoms. The Kier molecular flexibility index (Phi) is 8.74. The molecule has 2 aliphatic heterocycles. The molecule has 2 N–H and O–H groups in total. The second-order valence-corrected chi connectivity index (χ2v) is 12.2. The van der Waals surface area contributed by atoms with Crippen LogP contribution in [-0.2, 0) is 25.7 Å². The van der Waals surface area contributed by atoms with Crippen LogP contribution in [0.5, 0.6) is 17.2 Å². The van der Waals surface area contributed by atoms with Gasteiger partial charge in [0.25, 0.3) is 0 Å². The Morgan fingerprint density at radius 3 is 2.65 bits per heavy atom. The van der Waals surface area contributed by atoms with Gasteiger partial charge in [0, 0.05) is 24.3 Å². The van der Waals surface area contributed by atoms with Crippen LogP contribution in [0.25, 0.3) is 0 Å². The summed E-state index contributed by atoms with van der Waals surface area (Å²) in [5.41, 5.74) is 1.40. The summed E-state index contributed by atoms with van der Waals surface area (Å²) in [6, 6.07) is 12.0. The Bertz CT molecular complexity index is 1350. The van der Waals surface area contributed by atoms with E-state index < -0.39 is 24.0 Å². The third-order valence-corrected chi connectivity index (χ3v) is 9.45. The summed E-state index contributed by atoms with van der Waals surface area (Å²) in [5.74, 6) is 0.274. The van der Waals surface area contributed by atoms with Crippen LogP contribution >= 0.6 is 0 Å². The van der Waals surface area contributed by atoms with Crippen LogP contribution in [0.1, 0.15) is 57.4 Å². The standard InChI is InChI=1S/C33H41N3O7/c1-20-7-3-4-11-25(20)35-31(37)26-18-41-28-12-6-10-24(30(28)32(38)34-22-8-5-9-23(16-22)40-2)33(39)36(26)17-21-13-14-27-29(15-21)43-19-42-27/h5,8-9,13-16,20,24-26,28,30H,3-4,6-7,10-12,17-19H2,1-2H3,(H,34,38)(H,35,37). The number of rotatable bonds is 7. The van der Waals surface area contributed by atoms with Crippen molar-refractivity contribution >= 4 is 23.4 Å². The lowest BCUT2D eigenvalue weighted by Crippen LogP contribution is -2.60. The third kappa shape index (κ3) is 6.30. The molecule has 6 atom stereocenters. The van der Waals surface area contributed by atoms with Gasteiger partial charge in [0.2, 0.25) is 24.5 Å². The van der Waals surface area contributed by atoms with Crippen LogP contribution in [0.3, 0.4) is 0 Å². The van der Waals surface area contributed by atoms with E-state index in [4.69, 9.17) is 18.9 Å². The molecule has 2 saturated carbocycles. The van der Waals surface area contributed by atoms with Crippen molar-refractivity contribution in [3.05, 3.63) is 48.0 Å². The fraction of sp³-hybridized carbons (Fsp3) is 0.545. The van der Waals surface area contributed by atoms with E-state index in [1.54, 1.807) is 36.3 Å². The van der Waals surface area contributed by atoms with Crippen LogP contribution in [0.4, 0.5) is 5.69 Å². The summed E-state index contributed by atoms with van der Waals surface area (Å²) < 4.78 is 22.8. The molecule has 2 aliphatic carbocycles. The molecule has 2 aromatic rings. The maximum Gasteiger partial charge on any atom is 0.245 e. The Morgan fingerprint density at radius 2 is 1.81 bits per heavy atom. The minimum absolute atomic E-state index is 0.0174. The first-order valence-corrected chi connectivity index (χ1v) is 15.5. The molecule has 230 valence electrons. The van der Waals surface area contributed by atoms with Crippen molar-refractivity contribution in [2.24, 2.45) is 17.8 Å². The summed E-state index contributed by atoms with van der Waals surface area (Å²) in [6.45, 7) is 2.52. The first kappa shape index (κ1) is 29.3. The zero-order valence-electron chi connectivity index (χ0n) is 24.9. The summed E-state index contributed by atoms with van der Waals surface area (Å²) in [5, 5.41) is 6.25. The number of nitrogens with one attached hydrogen (secondary N) is 2. The third-order valence-electron chi connectivity index (χ3n) is 9.45. The van der Waals surface area contributed by atoms with Crippen molar-refractivity contribution in [1.29, 1.82) is 0 Å². The zero-order valence-corrected chi connectivity index (χ0v) is 24.9. The summed E-state index contributed by atoms with van der Waals surface area (Å²) >= 11 is 0. The van der Waals surface area contributed by atoms with E-state index in [-0.39, 0.29) is 43.7 Å². The Balaban J connectivity index is 1.29. The lowest BCUT2D eigenvalue weighted by Gasteiger charge is -2.44. The van der Waals surface area contributed by atoms with E-state index in [1.165, 1.54) is 0 Å². The summed E-state index contributed by atoms with van der Waals surface area (Å²) in [7, 11) is 1.57. The monoisotopic (exact) mass is 591 g/mol. The van der Waals surface area contributed by atoms with Gasteiger partial charge in [-0.15, -0.1) is 0 Å². The molecular weight excluding hydrogens is 550 g/mol. The number of ether oxygens (including phenoxy) is 4. The number of carbonyl (C=O) groups excluding carboxylic acids is 3. The highest BCUT2D eigenvalue weighted by Gasteiger charge is 2.48.